The van der Waals surface area contributed by atoms with Gasteiger partial charge in [0.2, 0.25) is 0 Å². The van der Waals surface area contributed by atoms with Gasteiger partial charge < -0.3 is 4.90 Å². The lowest BCUT2D eigenvalue weighted by atomic mass is 10.2. The molecule has 1 aromatic rings. The van der Waals surface area contributed by atoms with Crippen LogP contribution in [0.1, 0.15) is 18.4 Å². The highest BCUT2D eigenvalue weighted by molar-refractivity contribution is 5.53. The molecule has 2 rings (SSSR count). The maximum atomic E-state index is 13.7. The van der Waals surface area contributed by atoms with E-state index in [1.54, 1.807) is 6.07 Å². The fourth-order valence-corrected chi connectivity index (χ4v) is 1.80. The van der Waals surface area contributed by atoms with Crippen molar-refractivity contribution >= 4 is 5.69 Å². The van der Waals surface area contributed by atoms with Crippen molar-refractivity contribution in [2.45, 2.75) is 25.1 Å². The minimum atomic E-state index is -4.37. The monoisotopic (exact) mass is 258 g/mol. The number of nitriles is 1. The number of anilines is 1. The third-order valence-electron chi connectivity index (χ3n) is 2.72. The summed E-state index contributed by atoms with van der Waals surface area (Å²) in [7, 11) is 0. The molecule has 96 valence electrons. The van der Waals surface area contributed by atoms with Crippen molar-refractivity contribution in [3.05, 3.63) is 29.6 Å². The molecule has 6 heteroatoms. The van der Waals surface area contributed by atoms with Gasteiger partial charge >= 0.3 is 6.18 Å². The average molecular weight is 258 g/mol. The normalized spacial score (nSPS) is 15.3. The first-order valence-electron chi connectivity index (χ1n) is 5.44. The highest BCUT2D eigenvalue weighted by Crippen LogP contribution is 2.35. The smallest absolute Gasteiger partial charge is 0.357 e. The Labute approximate surface area is 101 Å². The molecular formula is C12H10F4N2. The van der Waals surface area contributed by atoms with Crippen LogP contribution >= 0.6 is 0 Å². The minimum Gasteiger partial charge on any atom is -0.357 e. The second-order valence-corrected chi connectivity index (χ2v) is 4.25. The number of hydrogen-bond acceptors (Lipinski definition) is 2. The molecule has 0 amide bonds. The van der Waals surface area contributed by atoms with Crippen LogP contribution in [0.3, 0.4) is 0 Å². The van der Waals surface area contributed by atoms with Gasteiger partial charge in [0.05, 0.1) is 17.3 Å². The van der Waals surface area contributed by atoms with E-state index in [1.807, 2.05) is 0 Å². The Balaban J connectivity index is 2.29. The van der Waals surface area contributed by atoms with Crippen molar-refractivity contribution in [3.8, 4) is 6.07 Å². The molecule has 0 N–H and O–H groups in total. The lowest BCUT2D eigenvalue weighted by Gasteiger charge is -2.26. The van der Waals surface area contributed by atoms with Crippen LogP contribution in [-0.2, 0) is 0 Å². The van der Waals surface area contributed by atoms with E-state index in [4.69, 9.17) is 5.26 Å². The molecule has 0 heterocycles. The van der Waals surface area contributed by atoms with Crippen LogP contribution in [0.25, 0.3) is 0 Å². The van der Waals surface area contributed by atoms with Crippen molar-refractivity contribution in [1.82, 2.24) is 0 Å². The molecule has 18 heavy (non-hydrogen) atoms. The minimum absolute atomic E-state index is 0.0891. The molecule has 2 nitrogen and oxygen atoms in total. The van der Waals surface area contributed by atoms with Gasteiger partial charge in [-0.25, -0.2) is 4.39 Å². The highest BCUT2D eigenvalue weighted by atomic mass is 19.4. The Bertz CT molecular complexity index is 486. The molecule has 1 aliphatic carbocycles. The maximum absolute atomic E-state index is 13.7. The molecule has 0 bridgehead atoms. The molecule has 0 aromatic heterocycles. The van der Waals surface area contributed by atoms with Gasteiger partial charge in [0, 0.05) is 6.04 Å². The summed E-state index contributed by atoms with van der Waals surface area (Å²) in [5.41, 5.74) is 0.00725. The number of rotatable bonds is 3. The molecule has 0 radical (unpaired) electrons. The number of benzene rings is 1. The molecule has 0 unspecified atom stereocenters. The lowest BCUT2D eigenvalue weighted by molar-refractivity contribution is -0.120. The summed E-state index contributed by atoms with van der Waals surface area (Å²) in [4.78, 5) is 1.02. The number of halogens is 4. The highest BCUT2D eigenvalue weighted by Gasteiger charge is 2.39. The third kappa shape index (κ3) is 2.92. The van der Waals surface area contributed by atoms with Crippen molar-refractivity contribution in [2.24, 2.45) is 0 Å². The predicted molar refractivity (Wildman–Crippen MR) is 57.5 cm³/mol. The Morgan fingerprint density at radius 3 is 2.44 bits per heavy atom. The van der Waals surface area contributed by atoms with E-state index in [0.29, 0.717) is 12.8 Å². The first-order chi connectivity index (χ1) is 8.40. The van der Waals surface area contributed by atoms with Gasteiger partial charge in [-0.2, -0.15) is 18.4 Å². The van der Waals surface area contributed by atoms with E-state index in [0.717, 1.165) is 11.0 Å². The van der Waals surface area contributed by atoms with Crippen molar-refractivity contribution in [3.63, 3.8) is 0 Å². The van der Waals surface area contributed by atoms with E-state index in [2.05, 4.69) is 0 Å². The van der Waals surface area contributed by atoms with Crippen molar-refractivity contribution in [2.75, 3.05) is 11.4 Å². The van der Waals surface area contributed by atoms with Gasteiger partial charge in [-0.1, -0.05) is 0 Å². The first kappa shape index (κ1) is 12.7. The van der Waals surface area contributed by atoms with Gasteiger partial charge in [-0.05, 0) is 31.0 Å². The average Bonchev–Trinajstić information content (AvgIpc) is 3.08. The Hall–Kier alpha value is -1.77. The standard InChI is InChI=1S/C12H10F4N2/c13-10-5-8(6-17)1-4-11(10)18(9-2-3-9)7-12(14,15)16/h1,4-5,9H,2-3,7H2. The zero-order valence-corrected chi connectivity index (χ0v) is 9.34. The molecule has 0 aliphatic heterocycles. The van der Waals surface area contributed by atoms with Crippen LogP contribution in [0, 0.1) is 17.1 Å². The van der Waals surface area contributed by atoms with Gasteiger partial charge in [-0.15, -0.1) is 0 Å². The molecule has 0 atom stereocenters. The van der Waals surface area contributed by atoms with E-state index in [1.165, 1.54) is 12.1 Å². The quantitative estimate of drug-likeness (QED) is 0.778. The van der Waals surface area contributed by atoms with E-state index < -0.39 is 18.5 Å². The van der Waals surface area contributed by atoms with Crippen LogP contribution in [-0.4, -0.2) is 18.8 Å². The van der Waals surface area contributed by atoms with Gasteiger partial charge in [0.25, 0.3) is 0 Å². The number of hydrogen-bond donors (Lipinski definition) is 0. The zero-order valence-electron chi connectivity index (χ0n) is 9.34. The Morgan fingerprint density at radius 2 is 2.00 bits per heavy atom. The van der Waals surface area contributed by atoms with Gasteiger partial charge in [0.15, 0.2) is 0 Å². The molecule has 1 aromatic carbocycles. The van der Waals surface area contributed by atoms with Crippen molar-refractivity contribution < 1.29 is 17.6 Å². The molecular weight excluding hydrogens is 248 g/mol. The Kier molecular flexibility index (Phi) is 3.16. The van der Waals surface area contributed by atoms with E-state index in [9.17, 15) is 17.6 Å². The van der Waals surface area contributed by atoms with E-state index in [-0.39, 0.29) is 17.3 Å². The van der Waals surface area contributed by atoms with Crippen LogP contribution in [0.2, 0.25) is 0 Å². The van der Waals surface area contributed by atoms with Crippen LogP contribution in [0.5, 0.6) is 0 Å². The molecule has 0 saturated heterocycles. The number of alkyl halides is 3. The SMILES string of the molecule is N#Cc1ccc(N(CC(F)(F)F)C2CC2)c(F)c1. The summed E-state index contributed by atoms with van der Waals surface area (Å²) in [6.07, 6.45) is -3.10. The van der Waals surface area contributed by atoms with Crippen molar-refractivity contribution in [1.29, 1.82) is 5.26 Å². The van der Waals surface area contributed by atoms with E-state index >= 15 is 0 Å². The summed E-state index contributed by atoms with van der Waals surface area (Å²) in [6, 6.07) is 5.01. The Morgan fingerprint density at radius 1 is 1.33 bits per heavy atom. The third-order valence-corrected chi connectivity index (χ3v) is 2.72. The predicted octanol–water partition coefficient (Wildman–Crippen LogP) is 3.23. The van der Waals surface area contributed by atoms with Crippen LogP contribution in [0.4, 0.5) is 23.2 Å². The lowest BCUT2D eigenvalue weighted by Crippen LogP contribution is -2.36. The fraction of sp³-hybridized carbons (Fsp3) is 0.417. The maximum Gasteiger partial charge on any atom is 0.405 e. The molecule has 1 fully saturated rings. The molecule has 1 saturated carbocycles. The van der Waals surface area contributed by atoms with Crippen LogP contribution in [0.15, 0.2) is 18.2 Å². The zero-order chi connectivity index (χ0) is 13.3. The summed E-state index contributed by atoms with van der Waals surface area (Å²) >= 11 is 0. The van der Waals surface area contributed by atoms with Crippen LogP contribution < -0.4 is 4.90 Å². The second kappa shape index (κ2) is 4.48. The number of nitrogens with zero attached hydrogens (tertiary/aromatic N) is 2. The fourth-order valence-electron chi connectivity index (χ4n) is 1.80. The summed E-state index contributed by atoms with van der Waals surface area (Å²) in [6.45, 7) is -1.17. The molecule has 1 aliphatic rings. The first-order valence-corrected chi connectivity index (χ1v) is 5.44. The van der Waals surface area contributed by atoms with Gasteiger partial charge in [0.1, 0.15) is 12.4 Å². The largest absolute Gasteiger partial charge is 0.405 e. The summed E-state index contributed by atoms with van der Waals surface area (Å²) in [5.74, 6) is -0.787. The molecule has 0 spiro atoms. The topological polar surface area (TPSA) is 27.0 Å². The second-order valence-electron chi connectivity index (χ2n) is 4.25. The van der Waals surface area contributed by atoms with Gasteiger partial charge in [-0.3, -0.25) is 0 Å². The summed E-state index contributed by atoms with van der Waals surface area (Å²) in [5, 5.41) is 8.59. The summed E-state index contributed by atoms with van der Waals surface area (Å²) < 4.78 is 51.0.